The Balaban J connectivity index is 1.81. The van der Waals surface area contributed by atoms with Crippen LogP contribution >= 0.6 is 0 Å². The highest BCUT2D eigenvalue weighted by Crippen LogP contribution is 2.26. The van der Waals surface area contributed by atoms with Gasteiger partial charge in [-0.25, -0.2) is 9.18 Å². The molecule has 1 aliphatic heterocycles. The number of carbonyl (C=O) groups excluding carboxylic acids is 1. The summed E-state index contributed by atoms with van der Waals surface area (Å²) in [5.74, 6) is -0.760. The van der Waals surface area contributed by atoms with Crippen molar-refractivity contribution in [1.29, 1.82) is 0 Å². The minimum Gasteiger partial charge on any atom is -0.444 e. The monoisotopic (exact) mass is 377 g/mol. The van der Waals surface area contributed by atoms with Gasteiger partial charge in [-0.05, 0) is 37.8 Å². The van der Waals surface area contributed by atoms with Crippen molar-refractivity contribution in [3.05, 3.63) is 34.1 Å². The molecule has 2 aromatic rings. The van der Waals surface area contributed by atoms with Gasteiger partial charge < -0.3 is 24.7 Å². The Morgan fingerprint density at radius 3 is 2.48 bits per heavy atom. The summed E-state index contributed by atoms with van der Waals surface area (Å²) in [5, 5.41) is 11.5. The number of piperazine rings is 1. The van der Waals surface area contributed by atoms with Gasteiger partial charge in [0.1, 0.15) is 11.4 Å². The molecule has 0 spiro atoms. The maximum Gasteiger partial charge on any atom is 0.410 e. The van der Waals surface area contributed by atoms with Gasteiger partial charge in [0.2, 0.25) is 0 Å². The summed E-state index contributed by atoms with van der Waals surface area (Å²) in [6, 6.07) is 3.58. The lowest BCUT2D eigenvalue weighted by Gasteiger charge is -2.34. The van der Waals surface area contributed by atoms with Crippen molar-refractivity contribution in [1.82, 2.24) is 14.9 Å². The summed E-state index contributed by atoms with van der Waals surface area (Å²) in [6.07, 6.45) is -0.408. The van der Waals surface area contributed by atoms with Gasteiger partial charge in [-0.2, -0.15) is 4.98 Å². The third kappa shape index (κ3) is 4.21. The van der Waals surface area contributed by atoms with Crippen molar-refractivity contribution in [2.45, 2.75) is 26.4 Å². The number of rotatable bonds is 2. The van der Waals surface area contributed by atoms with E-state index in [9.17, 15) is 19.3 Å². The zero-order valence-corrected chi connectivity index (χ0v) is 15.3. The first-order valence-corrected chi connectivity index (χ1v) is 8.48. The van der Waals surface area contributed by atoms with E-state index in [4.69, 9.17) is 4.74 Å². The molecular formula is C17H20FN5O4. The van der Waals surface area contributed by atoms with E-state index in [1.165, 1.54) is 6.07 Å². The highest BCUT2D eigenvalue weighted by Gasteiger charge is 2.29. The van der Waals surface area contributed by atoms with Gasteiger partial charge in [-0.1, -0.05) is 0 Å². The first-order valence-electron chi connectivity index (χ1n) is 8.48. The molecule has 0 radical (unpaired) electrons. The average molecular weight is 377 g/mol. The summed E-state index contributed by atoms with van der Waals surface area (Å²) < 4.78 is 18.9. The molecule has 1 amide bonds. The molecule has 10 heteroatoms. The van der Waals surface area contributed by atoms with Crippen molar-refractivity contribution < 1.29 is 18.8 Å². The van der Waals surface area contributed by atoms with Crippen LogP contribution in [-0.4, -0.2) is 57.7 Å². The van der Waals surface area contributed by atoms with E-state index in [-0.39, 0.29) is 22.7 Å². The number of hydrogen-bond acceptors (Lipinski definition) is 7. The van der Waals surface area contributed by atoms with Crippen LogP contribution in [0.3, 0.4) is 0 Å². The second-order valence-corrected chi connectivity index (χ2v) is 7.22. The number of carbonyl (C=O) groups is 1. The topological polar surface area (TPSA) is 102 Å². The Labute approximate surface area is 154 Å². The molecule has 1 saturated heterocycles. The Hall–Kier alpha value is -3.04. The zero-order chi connectivity index (χ0) is 19.8. The number of nitro groups is 1. The maximum absolute atomic E-state index is 13.5. The molecule has 1 aliphatic rings. The molecule has 2 heterocycles. The Morgan fingerprint density at radius 1 is 1.22 bits per heavy atom. The van der Waals surface area contributed by atoms with Gasteiger partial charge in [-0.15, -0.1) is 0 Å². The fourth-order valence-electron chi connectivity index (χ4n) is 2.77. The molecule has 3 rings (SSSR count). The van der Waals surface area contributed by atoms with Crippen LogP contribution in [0.1, 0.15) is 20.8 Å². The summed E-state index contributed by atoms with van der Waals surface area (Å²) in [7, 11) is 0. The van der Waals surface area contributed by atoms with Gasteiger partial charge in [0.25, 0.3) is 0 Å². The molecule has 1 fully saturated rings. The number of anilines is 1. The van der Waals surface area contributed by atoms with Crippen molar-refractivity contribution in [2.24, 2.45) is 0 Å². The summed E-state index contributed by atoms with van der Waals surface area (Å²) >= 11 is 0. The fourth-order valence-corrected chi connectivity index (χ4v) is 2.77. The van der Waals surface area contributed by atoms with E-state index < -0.39 is 22.4 Å². The van der Waals surface area contributed by atoms with Crippen LogP contribution in [0.2, 0.25) is 0 Å². The molecule has 144 valence electrons. The summed E-state index contributed by atoms with van der Waals surface area (Å²) in [5.41, 5.74) is -0.415. The Morgan fingerprint density at radius 2 is 1.89 bits per heavy atom. The van der Waals surface area contributed by atoms with E-state index >= 15 is 0 Å². The number of hydrogen-bond donors (Lipinski definition) is 0. The van der Waals surface area contributed by atoms with Crippen LogP contribution in [0, 0.1) is 15.9 Å². The lowest BCUT2D eigenvalue weighted by atomic mass is 10.2. The zero-order valence-electron chi connectivity index (χ0n) is 15.3. The van der Waals surface area contributed by atoms with Gasteiger partial charge >= 0.3 is 17.9 Å². The van der Waals surface area contributed by atoms with E-state index in [1.807, 2.05) is 0 Å². The first-order chi connectivity index (χ1) is 12.6. The average Bonchev–Trinajstić information content (AvgIpc) is 2.59. The molecule has 9 nitrogen and oxygen atoms in total. The SMILES string of the molecule is CC(C)(C)OC(=O)N1CCN(c2nc([N+](=O)[O-])c3ccc(F)cc3n2)CC1. The molecule has 0 atom stereocenters. The molecule has 1 aromatic carbocycles. The summed E-state index contributed by atoms with van der Waals surface area (Å²) in [4.78, 5) is 34.5. The summed E-state index contributed by atoms with van der Waals surface area (Å²) in [6.45, 7) is 6.89. The number of halogens is 1. The largest absolute Gasteiger partial charge is 0.444 e. The first kappa shape index (κ1) is 18.7. The van der Waals surface area contributed by atoms with E-state index in [1.54, 1.807) is 30.6 Å². The number of nitrogens with zero attached hydrogens (tertiary/aromatic N) is 5. The molecule has 0 N–H and O–H groups in total. The molecule has 27 heavy (non-hydrogen) atoms. The molecular weight excluding hydrogens is 357 g/mol. The minimum absolute atomic E-state index is 0.142. The van der Waals surface area contributed by atoms with Crippen LogP contribution in [-0.2, 0) is 4.74 Å². The van der Waals surface area contributed by atoms with Crippen molar-refractivity contribution in [3.63, 3.8) is 0 Å². The van der Waals surface area contributed by atoms with E-state index in [0.29, 0.717) is 26.2 Å². The van der Waals surface area contributed by atoms with Crippen molar-refractivity contribution in [3.8, 4) is 0 Å². The van der Waals surface area contributed by atoms with Crippen LogP contribution in [0.15, 0.2) is 18.2 Å². The smallest absolute Gasteiger partial charge is 0.410 e. The second kappa shape index (κ2) is 6.93. The maximum atomic E-state index is 13.5. The van der Waals surface area contributed by atoms with E-state index in [0.717, 1.165) is 12.1 Å². The highest BCUT2D eigenvalue weighted by atomic mass is 19.1. The highest BCUT2D eigenvalue weighted by molar-refractivity contribution is 5.87. The number of benzene rings is 1. The van der Waals surface area contributed by atoms with Gasteiger partial charge in [-0.3, -0.25) is 0 Å². The van der Waals surface area contributed by atoms with Crippen LogP contribution in [0.4, 0.5) is 21.0 Å². The van der Waals surface area contributed by atoms with Gasteiger partial charge in [0.15, 0.2) is 0 Å². The van der Waals surface area contributed by atoms with Crippen molar-refractivity contribution >= 4 is 28.8 Å². The van der Waals surface area contributed by atoms with E-state index in [2.05, 4.69) is 9.97 Å². The lowest BCUT2D eigenvalue weighted by Crippen LogP contribution is -2.50. The second-order valence-electron chi connectivity index (χ2n) is 7.22. The van der Waals surface area contributed by atoms with Crippen molar-refractivity contribution in [2.75, 3.05) is 31.1 Å². The number of ether oxygens (including phenoxy) is 1. The third-order valence-electron chi connectivity index (χ3n) is 4.01. The molecule has 0 saturated carbocycles. The number of fused-ring (bicyclic) bond motifs is 1. The number of aromatic nitrogens is 2. The van der Waals surface area contributed by atoms with Crippen LogP contribution < -0.4 is 4.90 Å². The fraction of sp³-hybridized carbons (Fsp3) is 0.471. The molecule has 0 aliphatic carbocycles. The predicted molar refractivity (Wildman–Crippen MR) is 96.2 cm³/mol. The van der Waals surface area contributed by atoms with Gasteiger partial charge in [0.05, 0.1) is 10.9 Å². The van der Waals surface area contributed by atoms with Crippen LogP contribution in [0.25, 0.3) is 10.9 Å². The molecule has 1 aromatic heterocycles. The van der Waals surface area contributed by atoms with Gasteiger partial charge in [0, 0.05) is 37.2 Å². The number of amides is 1. The quantitative estimate of drug-likeness (QED) is 0.586. The minimum atomic E-state index is -0.609. The standard InChI is InChI=1S/C17H20FN5O4/c1-17(2,3)27-16(24)22-8-6-21(7-9-22)15-19-13-10-11(18)4-5-12(13)14(20-15)23(25)26/h4-5,10H,6-9H2,1-3H3. The molecule has 0 unspecified atom stereocenters. The third-order valence-corrected chi connectivity index (χ3v) is 4.01. The Bertz CT molecular complexity index is 891. The Kier molecular flexibility index (Phi) is 4.81. The van der Waals surface area contributed by atoms with Crippen LogP contribution in [0.5, 0.6) is 0 Å². The lowest BCUT2D eigenvalue weighted by molar-refractivity contribution is -0.387. The predicted octanol–water partition coefficient (Wildman–Crippen LogP) is 2.73. The molecule has 0 bridgehead atoms. The normalized spacial score (nSPS) is 15.1.